The Kier molecular flexibility index (Phi) is 6.17. The number of urea groups is 1. The number of rotatable bonds is 6. The molecule has 26 heavy (non-hydrogen) atoms. The van der Waals surface area contributed by atoms with Crippen LogP contribution in [0.25, 0.3) is 0 Å². The van der Waals surface area contributed by atoms with E-state index in [9.17, 15) is 18.0 Å². The minimum absolute atomic E-state index is 0.0299. The zero-order valence-electron chi connectivity index (χ0n) is 14.8. The number of aromatic nitrogens is 4. The number of halogens is 3. The van der Waals surface area contributed by atoms with Crippen molar-refractivity contribution < 1.29 is 18.0 Å². The Labute approximate surface area is 149 Å². The second-order valence-electron chi connectivity index (χ2n) is 5.86. The maximum absolute atomic E-state index is 12.8. The molecule has 0 spiro atoms. The average Bonchev–Trinajstić information content (AvgIpc) is 3.00. The van der Waals surface area contributed by atoms with E-state index < -0.39 is 17.9 Å². The van der Waals surface area contributed by atoms with E-state index in [4.69, 9.17) is 0 Å². The van der Waals surface area contributed by atoms with E-state index in [0.717, 1.165) is 12.5 Å². The van der Waals surface area contributed by atoms with Gasteiger partial charge in [0.25, 0.3) is 0 Å². The monoisotopic (exact) mass is 370 g/mol. The maximum Gasteiger partial charge on any atom is 0.433 e. The molecule has 0 unspecified atom stereocenters. The van der Waals surface area contributed by atoms with Gasteiger partial charge in [-0.1, -0.05) is 6.92 Å². The minimum atomic E-state index is -4.53. The van der Waals surface area contributed by atoms with E-state index in [1.807, 2.05) is 13.8 Å². The van der Waals surface area contributed by atoms with Crippen molar-refractivity contribution in [1.82, 2.24) is 25.1 Å². The van der Waals surface area contributed by atoms with E-state index in [-0.39, 0.29) is 30.5 Å². The van der Waals surface area contributed by atoms with Gasteiger partial charge >= 0.3 is 12.2 Å². The fourth-order valence-corrected chi connectivity index (χ4v) is 2.27. The smallest absolute Gasteiger partial charge is 0.337 e. The molecule has 0 aliphatic heterocycles. The van der Waals surface area contributed by atoms with Gasteiger partial charge in [-0.25, -0.2) is 19.4 Å². The minimum Gasteiger partial charge on any atom is -0.337 e. The highest BCUT2D eigenvalue weighted by Crippen LogP contribution is 2.27. The van der Waals surface area contributed by atoms with Gasteiger partial charge in [0.2, 0.25) is 0 Å². The fraction of sp³-hybridized carbons (Fsp3) is 0.500. The van der Waals surface area contributed by atoms with Crippen molar-refractivity contribution in [2.75, 3.05) is 11.9 Å². The second kappa shape index (κ2) is 8.15. The standard InChI is InChI=1S/C16H21F3N6O/c1-4-11(3)25-14(6-8-21-25)24-15(26)20-7-5-13-22-10(2)9-12(23-13)16(17,18)19/h6,8-9,11H,4-5,7H2,1-3H3,(H2,20,24,26)/t11-/m0/s1. The SMILES string of the molecule is CC[C@H](C)n1nccc1NC(=O)NCCc1nc(C)cc(C(F)(F)F)n1. The molecule has 142 valence electrons. The number of carbonyl (C=O) groups is 1. The van der Waals surface area contributed by atoms with Crippen molar-refractivity contribution in [3.8, 4) is 0 Å². The molecule has 2 aromatic rings. The number of alkyl halides is 3. The first-order chi connectivity index (χ1) is 12.2. The molecule has 0 saturated heterocycles. The van der Waals surface area contributed by atoms with Crippen LogP contribution < -0.4 is 10.6 Å². The Hall–Kier alpha value is -2.65. The molecular formula is C16H21F3N6O. The third-order valence-electron chi connectivity index (χ3n) is 3.75. The lowest BCUT2D eigenvalue weighted by Gasteiger charge is -2.14. The van der Waals surface area contributed by atoms with Crippen LogP contribution in [0.4, 0.5) is 23.8 Å². The second-order valence-corrected chi connectivity index (χ2v) is 5.86. The molecule has 0 aliphatic carbocycles. The summed E-state index contributed by atoms with van der Waals surface area (Å²) in [6.45, 7) is 5.55. The van der Waals surface area contributed by atoms with Crippen LogP contribution in [0.3, 0.4) is 0 Å². The van der Waals surface area contributed by atoms with Gasteiger partial charge in [0.05, 0.1) is 12.2 Å². The Morgan fingerprint density at radius 1 is 1.35 bits per heavy atom. The topological polar surface area (TPSA) is 84.7 Å². The summed E-state index contributed by atoms with van der Waals surface area (Å²) >= 11 is 0. The van der Waals surface area contributed by atoms with Crippen LogP contribution in [0.1, 0.15) is 43.5 Å². The van der Waals surface area contributed by atoms with Crippen LogP contribution in [0.15, 0.2) is 18.3 Å². The molecule has 2 rings (SSSR count). The van der Waals surface area contributed by atoms with Crippen molar-refractivity contribution in [3.63, 3.8) is 0 Å². The van der Waals surface area contributed by atoms with Gasteiger partial charge in [-0.3, -0.25) is 5.32 Å². The highest BCUT2D eigenvalue weighted by Gasteiger charge is 2.33. The number of hydrogen-bond donors (Lipinski definition) is 2. The van der Waals surface area contributed by atoms with Crippen molar-refractivity contribution in [2.45, 2.75) is 45.8 Å². The molecule has 10 heteroatoms. The molecule has 2 aromatic heterocycles. The molecular weight excluding hydrogens is 349 g/mol. The van der Waals surface area contributed by atoms with E-state index in [0.29, 0.717) is 5.82 Å². The van der Waals surface area contributed by atoms with Crippen LogP contribution in [0.5, 0.6) is 0 Å². The van der Waals surface area contributed by atoms with Gasteiger partial charge in [0.1, 0.15) is 17.3 Å². The first-order valence-electron chi connectivity index (χ1n) is 8.20. The largest absolute Gasteiger partial charge is 0.433 e. The molecule has 0 bridgehead atoms. The lowest BCUT2D eigenvalue weighted by Crippen LogP contribution is -2.32. The third kappa shape index (κ3) is 5.17. The first-order valence-corrected chi connectivity index (χ1v) is 8.20. The highest BCUT2D eigenvalue weighted by atomic mass is 19.4. The Balaban J connectivity index is 1.91. The van der Waals surface area contributed by atoms with Gasteiger partial charge < -0.3 is 5.32 Å². The number of amides is 2. The number of hydrogen-bond acceptors (Lipinski definition) is 4. The zero-order chi connectivity index (χ0) is 19.3. The van der Waals surface area contributed by atoms with Gasteiger partial charge in [0.15, 0.2) is 0 Å². The molecule has 2 amide bonds. The molecule has 0 radical (unpaired) electrons. The van der Waals surface area contributed by atoms with Crippen LogP contribution in [0.2, 0.25) is 0 Å². The summed E-state index contributed by atoms with van der Waals surface area (Å²) in [7, 11) is 0. The number of aryl methyl sites for hydroxylation is 1. The van der Waals surface area contributed by atoms with Gasteiger partial charge in [-0.2, -0.15) is 18.3 Å². The normalized spacial score (nSPS) is 12.7. The summed E-state index contributed by atoms with van der Waals surface area (Å²) in [4.78, 5) is 19.4. The lowest BCUT2D eigenvalue weighted by molar-refractivity contribution is -0.141. The summed E-state index contributed by atoms with van der Waals surface area (Å²) in [6, 6.07) is 2.21. The summed E-state index contributed by atoms with van der Waals surface area (Å²) in [5, 5.41) is 9.41. The quantitative estimate of drug-likeness (QED) is 0.817. The van der Waals surface area contributed by atoms with Gasteiger partial charge in [-0.05, 0) is 26.3 Å². The van der Waals surface area contributed by atoms with Crippen LogP contribution in [-0.4, -0.2) is 32.3 Å². The molecule has 2 N–H and O–H groups in total. The van der Waals surface area contributed by atoms with E-state index >= 15 is 0 Å². The molecule has 1 atom stereocenters. The maximum atomic E-state index is 12.8. The van der Waals surface area contributed by atoms with Crippen molar-refractivity contribution in [1.29, 1.82) is 0 Å². The Bertz CT molecular complexity index is 759. The molecule has 2 heterocycles. The number of nitrogens with one attached hydrogen (secondary N) is 2. The Morgan fingerprint density at radius 2 is 2.08 bits per heavy atom. The zero-order valence-corrected chi connectivity index (χ0v) is 14.8. The Morgan fingerprint density at radius 3 is 2.73 bits per heavy atom. The van der Waals surface area contributed by atoms with Crippen molar-refractivity contribution in [2.24, 2.45) is 0 Å². The molecule has 0 aromatic carbocycles. The van der Waals surface area contributed by atoms with E-state index in [1.54, 1.807) is 16.9 Å². The summed E-state index contributed by atoms with van der Waals surface area (Å²) in [5.74, 6) is 0.574. The van der Waals surface area contributed by atoms with Gasteiger partial charge in [-0.15, -0.1) is 0 Å². The van der Waals surface area contributed by atoms with E-state index in [1.165, 1.54) is 6.92 Å². The molecule has 7 nitrogen and oxygen atoms in total. The van der Waals surface area contributed by atoms with Crippen LogP contribution >= 0.6 is 0 Å². The average molecular weight is 370 g/mol. The molecule has 0 aliphatic rings. The summed E-state index contributed by atoms with van der Waals surface area (Å²) < 4.78 is 40.0. The predicted molar refractivity (Wildman–Crippen MR) is 89.7 cm³/mol. The van der Waals surface area contributed by atoms with Gasteiger partial charge in [0, 0.05) is 24.7 Å². The number of carbonyl (C=O) groups excluding carboxylic acids is 1. The molecule has 0 fully saturated rings. The lowest BCUT2D eigenvalue weighted by atomic mass is 10.3. The van der Waals surface area contributed by atoms with Crippen molar-refractivity contribution >= 4 is 11.8 Å². The van der Waals surface area contributed by atoms with Crippen LogP contribution in [-0.2, 0) is 12.6 Å². The van der Waals surface area contributed by atoms with E-state index in [2.05, 4.69) is 25.7 Å². The fourth-order valence-electron chi connectivity index (χ4n) is 2.27. The summed E-state index contributed by atoms with van der Waals surface area (Å²) in [5.41, 5.74) is -0.758. The highest BCUT2D eigenvalue weighted by molar-refractivity contribution is 5.88. The van der Waals surface area contributed by atoms with Crippen molar-refractivity contribution in [3.05, 3.63) is 35.5 Å². The molecule has 0 saturated carbocycles. The number of nitrogens with zero attached hydrogens (tertiary/aromatic N) is 4. The third-order valence-corrected chi connectivity index (χ3v) is 3.75. The summed E-state index contributed by atoms with van der Waals surface area (Å²) in [6.07, 6.45) is -2.00. The predicted octanol–water partition coefficient (Wildman–Crippen LogP) is 3.34. The van der Waals surface area contributed by atoms with Crippen LogP contribution in [0, 0.1) is 6.92 Å². The number of anilines is 1. The first kappa shape index (κ1) is 19.7.